The molecule has 0 unspecified atom stereocenters. The molecule has 0 aliphatic heterocycles. The van der Waals surface area contributed by atoms with Gasteiger partial charge in [0, 0.05) is 31.9 Å². The summed E-state index contributed by atoms with van der Waals surface area (Å²) in [6.45, 7) is 4.00. The molecule has 1 amide bonds. The van der Waals surface area contributed by atoms with Gasteiger partial charge in [0.25, 0.3) is 5.91 Å². The number of ether oxygens (including phenoxy) is 1. The van der Waals surface area contributed by atoms with Crippen LogP contribution < -0.4 is 10.0 Å². The van der Waals surface area contributed by atoms with Crippen LogP contribution in [0.1, 0.15) is 29.3 Å². The normalized spacial score (nSPS) is 11.3. The predicted molar refractivity (Wildman–Crippen MR) is 126 cm³/mol. The molecule has 0 atom stereocenters. The van der Waals surface area contributed by atoms with Gasteiger partial charge in [-0.25, -0.2) is 13.1 Å². The third-order valence-corrected chi connectivity index (χ3v) is 6.30. The summed E-state index contributed by atoms with van der Waals surface area (Å²) >= 11 is 0. The van der Waals surface area contributed by atoms with Crippen LogP contribution in [0.2, 0.25) is 0 Å². The molecular weight excluding hydrogens is 424 g/mol. The van der Waals surface area contributed by atoms with Gasteiger partial charge in [0.05, 0.1) is 4.90 Å². The summed E-state index contributed by atoms with van der Waals surface area (Å²) in [7, 11) is -3.62. The average molecular weight is 453 g/mol. The fraction of sp³-hybridized carbons (Fsp3) is 0.240. The first-order valence-corrected chi connectivity index (χ1v) is 12.1. The second-order valence-electron chi connectivity index (χ2n) is 7.22. The van der Waals surface area contributed by atoms with Gasteiger partial charge in [-0.05, 0) is 54.3 Å². The first-order chi connectivity index (χ1) is 15.5. The number of carbonyl (C=O) groups excluding carboxylic acids is 1. The van der Waals surface area contributed by atoms with Crippen molar-refractivity contribution < 1.29 is 17.9 Å². The lowest BCUT2D eigenvalue weighted by Crippen LogP contribution is -2.25. The van der Waals surface area contributed by atoms with Gasteiger partial charge in [-0.3, -0.25) is 4.79 Å². The second-order valence-corrected chi connectivity index (χ2v) is 8.99. The lowest BCUT2D eigenvalue weighted by Gasteiger charge is -2.09. The SMILES string of the molecule is CCOCCCNC(=O)c1cccc(-c2ccc(S(=O)(=O)NCc3ccccc3)cc2)c1. The first-order valence-electron chi connectivity index (χ1n) is 10.6. The summed E-state index contributed by atoms with van der Waals surface area (Å²) in [6.07, 6.45) is 0.757. The molecule has 0 aromatic heterocycles. The molecule has 7 heteroatoms. The molecule has 3 rings (SSSR count). The van der Waals surface area contributed by atoms with E-state index in [1.54, 1.807) is 36.4 Å². The van der Waals surface area contributed by atoms with Crippen LogP contribution in [-0.4, -0.2) is 34.1 Å². The molecule has 0 saturated heterocycles. The van der Waals surface area contributed by atoms with Crippen LogP contribution in [-0.2, 0) is 21.3 Å². The molecule has 0 bridgehead atoms. The minimum absolute atomic E-state index is 0.146. The van der Waals surface area contributed by atoms with E-state index in [4.69, 9.17) is 4.74 Å². The predicted octanol–water partition coefficient (Wildman–Crippen LogP) is 3.99. The van der Waals surface area contributed by atoms with Crippen molar-refractivity contribution in [1.29, 1.82) is 0 Å². The number of sulfonamides is 1. The molecule has 0 fully saturated rings. The van der Waals surface area contributed by atoms with Crippen molar-refractivity contribution in [2.24, 2.45) is 0 Å². The van der Waals surface area contributed by atoms with Gasteiger partial charge in [-0.2, -0.15) is 0 Å². The van der Waals surface area contributed by atoms with E-state index in [9.17, 15) is 13.2 Å². The van der Waals surface area contributed by atoms with Gasteiger partial charge in [-0.1, -0.05) is 54.6 Å². The smallest absolute Gasteiger partial charge is 0.251 e. The van der Waals surface area contributed by atoms with Crippen LogP contribution in [0, 0.1) is 0 Å². The van der Waals surface area contributed by atoms with Gasteiger partial charge in [0.1, 0.15) is 0 Å². The molecule has 0 radical (unpaired) electrons. The van der Waals surface area contributed by atoms with Crippen LogP contribution in [0.5, 0.6) is 0 Å². The first kappa shape index (κ1) is 23.7. The molecule has 3 aromatic carbocycles. The zero-order chi connectivity index (χ0) is 22.8. The Labute approximate surface area is 189 Å². The molecule has 168 valence electrons. The molecular formula is C25H28N2O4S. The van der Waals surface area contributed by atoms with Crippen molar-refractivity contribution in [3.8, 4) is 11.1 Å². The molecule has 2 N–H and O–H groups in total. The van der Waals surface area contributed by atoms with E-state index in [1.807, 2.05) is 49.4 Å². The maximum Gasteiger partial charge on any atom is 0.251 e. The third kappa shape index (κ3) is 6.75. The fourth-order valence-electron chi connectivity index (χ4n) is 3.15. The molecule has 32 heavy (non-hydrogen) atoms. The van der Waals surface area contributed by atoms with Gasteiger partial charge in [0.2, 0.25) is 10.0 Å². The highest BCUT2D eigenvalue weighted by Gasteiger charge is 2.14. The van der Waals surface area contributed by atoms with Crippen molar-refractivity contribution >= 4 is 15.9 Å². The summed E-state index contributed by atoms with van der Waals surface area (Å²) in [5, 5.41) is 2.89. The summed E-state index contributed by atoms with van der Waals surface area (Å²) in [4.78, 5) is 12.6. The van der Waals surface area contributed by atoms with Crippen molar-refractivity contribution in [1.82, 2.24) is 10.0 Å². The van der Waals surface area contributed by atoms with Crippen molar-refractivity contribution in [3.63, 3.8) is 0 Å². The zero-order valence-electron chi connectivity index (χ0n) is 18.1. The largest absolute Gasteiger partial charge is 0.382 e. The number of carbonyl (C=O) groups is 1. The maximum atomic E-state index is 12.6. The van der Waals surface area contributed by atoms with Crippen LogP contribution in [0.3, 0.4) is 0 Å². The van der Waals surface area contributed by atoms with Gasteiger partial charge < -0.3 is 10.1 Å². The standard InChI is InChI=1S/C25H28N2O4S/c1-2-31-17-7-16-26-25(28)23-11-6-10-22(18-23)21-12-14-24(15-13-21)32(29,30)27-19-20-8-4-3-5-9-20/h3-6,8-15,18,27H,2,7,16-17,19H2,1H3,(H,26,28). The zero-order valence-corrected chi connectivity index (χ0v) is 18.9. The van der Waals surface area contributed by atoms with Crippen molar-refractivity contribution in [2.45, 2.75) is 24.8 Å². The molecule has 6 nitrogen and oxygen atoms in total. The number of nitrogens with one attached hydrogen (secondary N) is 2. The minimum Gasteiger partial charge on any atom is -0.382 e. The Morgan fingerprint density at radius 2 is 1.66 bits per heavy atom. The number of hydrogen-bond donors (Lipinski definition) is 2. The van der Waals surface area contributed by atoms with Crippen molar-refractivity contribution in [3.05, 3.63) is 90.0 Å². The van der Waals surface area contributed by atoms with E-state index < -0.39 is 10.0 Å². The highest BCUT2D eigenvalue weighted by Crippen LogP contribution is 2.22. The van der Waals surface area contributed by atoms with Crippen molar-refractivity contribution in [2.75, 3.05) is 19.8 Å². The number of hydrogen-bond acceptors (Lipinski definition) is 4. The Bertz CT molecular complexity index is 1110. The third-order valence-electron chi connectivity index (χ3n) is 4.89. The maximum absolute atomic E-state index is 12.6. The van der Waals surface area contributed by atoms with Crippen LogP contribution in [0.25, 0.3) is 11.1 Å². The van der Waals surface area contributed by atoms with E-state index in [0.717, 1.165) is 23.1 Å². The quantitative estimate of drug-likeness (QED) is 0.431. The summed E-state index contributed by atoms with van der Waals surface area (Å²) in [5.41, 5.74) is 3.12. The van der Waals surface area contributed by atoms with E-state index in [1.165, 1.54) is 0 Å². The Morgan fingerprint density at radius 1 is 0.906 bits per heavy atom. The Hall–Kier alpha value is -3.00. The van der Waals surface area contributed by atoms with Gasteiger partial charge in [-0.15, -0.1) is 0 Å². The average Bonchev–Trinajstić information content (AvgIpc) is 2.83. The second kappa shape index (κ2) is 11.6. The topological polar surface area (TPSA) is 84.5 Å². The Balaban J connectivity index is 1.64. The number of benzene rings is 3. The number of rotatable bonds is 11. The molecule has 0 aliphatic carbocycles. The summed E-state index contributed by atoms with van der Waals surface area (Å²) < 4.78 is 33.1. The lowest BCUT2D eigenvalue weighted by atomic mass is 10.0. The fourth-order valence-corrected chi connectivity index (χ4v) is 4.16. The van der Waals surface area contributed by atoms with Gasteiger partial charge >= 0.3 is 0 Å². The molecule has 0 heterocycles. The monoisotopic (exact) mass is 452 g/mol. The van der Waals surface area contributed by atoms with Gasteiger partial charge in [0.15, 0.2) is 0 Å². The number of amides is 1. The van der Waals surface area contributed by atoms with Crippen LogP contribution in [0.15, 0.2) is 83.8 Å². The summed E-state index contributed by atoms with van der Waals surface area (Å²) in [5.74, 6) is -0.146. The molecule has 0 aliphatic rings. The molecule has 3 aromatic rings. The van der Waals surface area contributed by atoms with E-state index in [-0.39, 0.29) is 17.3 Å². The highest BCUT2D eigenvalue weighted by atomic mass is 32.2. The Morgan fingerprint density at radius 3 is 2.38 bits per heavy atom. The van der Waals surface area contributed by atoms with Crippen LogP contribution >= 0.6 is 0 Å². The Kier molecular flexibility index (Phi) is 8.56. The lowest BCUT2D eigenvalue weighted by molar-refractivity contribution is 0.0944. The molecule has 0 spiro atoms. The summed E-state index contributed by atoms with van der Waals surface area (Å²) in [6, 6.07) is 23.3. The van der Waals surface area contributed by atoms with E-state index in [2.05, 4.69) is 10.0 Å². The van der Waals surface area contributed by atoms with Crippen LogP contribution in [0.4, 0.5) is 0 Å². The van der Waals surface area contributed by atoms with E-state index in [0.29, 0.717) is 25.3 Å². The molecule has 0 saturated carbocycles. The highest BCUT2D eigenvalue weighted by molar-refractivity contribution is 7.89. The van der Waals surface area contributed by atoms with E-state index >= 15 is 0 Å². The minimum atomic E-state index is -3.62.